The van der Waals surface area contributed by atoms with E-state index in [2.05, 4.69) is 5.32 Å². The highest BCUT2D eigenvalue weighted by atomic mass is 16.4. The summed E-state index contributed by atoms with van der Waals surface area (Å²) in [5.74, 6) is -2.57. The van der Waals surface area contributed by atoms with Crippen molar-refractivity contribution in [3.05, 3.63) is 35.4 Å². The highest BCUT2D eigenvalue weighted by molar-refractivity contribution is 6.07. The average molecular weight is 219 g/mol. The summed E-state index contributed by atoms with van der Waals surface area (Å²) in [6.45, 7) is 0. The van der Waals surface area contributed by atoms with Crippen LogP contribution in [0.5, 0.6) is 0 Å². The van der Waals surface area contributed by atoms with E-state index in [9.17, 15) is 14.4 Å². The minimum Gasteiger partial charge on any atom is -0.478 e. The number of benzene rings is 1. The molecule has 0 aliphatic carbocycles. The molecule has 0 bridgehead atoms. The van der Waals surface area contributed by atoms with Crippen LogP contribution in [0.3, 0.4) is 0 Å². The molecule has 1 unspecified atom stereocenters. The second-order valence-corrected chi connectivity index (χ2v) is 3.56. The van der Waals surface area contributed by atoms with Crippen LogP contribution in [0.25, 0.3) is 0 Å². The Kier molecular flexibility index (Phi) is 2.44. The number of carboxylic acid groups (broad SMARTS) is 1. The molecule has 1 aromatic rings. The SMILES string of the molecule is O=C1CC(c2ccccc2C(=O)O)C(=O)N1. The third-order valence-corrected chi connectivity index (χ3v) is 2.54. The molecule has 1 fully saturated rings. The summed E-state index contributed by atoms with van der Waals surface area (Å²) in [5, 5.41) is 11.1. The topological polar surface area (TPSA) is 83.5 Å². The van der Waals surface area contributed by atoms with Gasteiger partial charge in [0.2, 0.25) is 11.8 Å². The standard InChI is InChI=1S/C11H9NO4/c13-9-5-8(10(14)12-9)6-3-1-2-4-7(6)11(15)16/h1-4,8H,5H2,(H,15,16)(H,12,13,14). The number of amides is 2. The zero-order valence-corrected chi connectivity index (χ0v) is 8.27. The lowest BCUT2D eigenvalue weighted by molar-refractivity contribution is -0.125. The largest absolute Gasteiger partial charge is 0.478 e. The van der Waals surface area contributed by atoms with Gasteiger partial charge in [-0.05, 0) is 11.6 Å². The maximum Gasteiger partial charge on any atom is 0.335 e. The van der Waals surface area contributed by atoms with Gasteiger partial charge in [0, 0.05) is 6.42 Å². The smallest absolute Gasteiger partial charge is 0.335 e. The molecule has 16 heavy (non-hydrogen) atoms. The molecule has 0 spiro atoms. The Labute approximate surface area is 91.1 Å². The number of nitrogens with one attached hydrogen (secondary N) is 1. The quantitative estimate of drug-likeness (QED) is 0.710. The van der Waals surface area contributed by atoms with Crippen LogP contribution in [0.2, 0.25) is 0 Å². The number of hydrogen-bond acceptors (Lipinski definition) is 3. The van der Waals surface area contributed by atoms with E-state index in [1.54, 1.807) is 18.2 Å². The zero-order chi connectivity index (χ0) is 11.7. The van der Waals surface area contributed by atoms with Gasteiger partial charge < -0.3 is 5.11 Å². The molecule has 1 aliphatic heterocycles. The predicted octanol–water partition coefficient (Wildman–Crippen LogP) is 0.515. The highest BCUT2D eigenvalue weighted by Crippen LogP contribution is 2.27. The van der Waals surface area contributed by atoms with Gasteiger partial charge in [-0.25, -0.2) is 4.79 Å². The van der Waals surface area contributed by atoms with Crippen molar-refractivity contribution in [1.82, 2.24) is 5.32 Å². The van der Waals surface area contributed by atoms with Crippen molar-refractivity contribution in [2.24, 2.45) is 0 Å². The van der Waals surface area contributed by atoms with E-state index in [-0.39, 0.29) is 17.9 Å². The molecular weight excluding hydrogens is 210 g/mol. The molecule has 1 saturated heterocycles. The van der Waals surface area contributed by atoms with Gasteiger partial charge in [-0.2, -0.15) is 0 Å². The summed E-state index contributed by atoms with van der Waals surface area (Å²) in [6, 6.07) is 6.22. The van der Waals surface area contributed by atoms with Crippen molar-refractivity contribution in [3.8, 4) is 0 Å². The first-order valence-corrected chi connectivity index (χ1v) is 4.75. The minimum absolute atomic E-state index is 0.0170. The van der Waals surface area contributed by atoms with Crippen LogP contribution in [0, 0.1) is 0 Å². The minimum atomic E-state index is -1.09. The summed E-state index contributed by atoms with van der Waals surface area (Å²) < 4.78 is 0. The first-order chi connectivity index (χ1) is 7.59. The molecule has 5 heteroatoms. The van der Waals surface area contributed by atoms with Crippen LogP contribution < -0.4 is 5.32 Å². The average Bonchev–Trinajstić information content (AvgIpc) is 2.57. The Morgan fingerprint density at radius 2 is 2.00 bits per heavy atom. The summed E-state index contributed by atoms with van der Waals surface area (Å²) in [5.41, 5.74) is 0.454. The van der Waals surface area contributed by atoms with E-state index in [1.165, 1.54) is 6.07 Å². The zero-order valence-electron chi connectivity index (χ0n) is 8.27. The number of carboxylic acids is 1. The van der Waals surface area contributed by atoms with Crippen LogP contribution in [-0.2, 0) is 9.59 Å². The van der Waals surface area contributed by atoms with Crippen LogP contribution in [-0.4, -0.2) is 22.9 Å². The number of aromatic carboxylic acids is 1. The van der Waals surface area contributed by atoms with Crippen LogP contribution in [0.15, 0.2) is 24.3 Å². The lowest BCUT2D eigenvalue weighted by Crippen LogP contribution is -2.22. The van der Waals surface area contributed by atoms with Gasteiger partial charge in [0.05, 0.1) is 11.5 Å². The highest BCUT2D eigenvalue weighted by Gasteiger charge is 2.33. The molecule has 0 aromatic heterocycles. The Morgan fingerprint density at radius 1 is 1.31 bits per heavy atom. The van der Waals surface area contributed by atoms with Crippen molar-refractivity contribution in [2.75, 3.05) is 0 Å². The fourth-order valence-electron chi connectivity index (χ4n) is 1.80. The molecule has 2 amide bonds. The summed E-state index contributed by atoms with van der Waals surface area (Å²) >= 11 is 0. The number of hydrogen-bond donors (Lipinski definition) is 2. The van der Waals surface area contributed by atoms with E-state index in [0.29, 0.717) is 5.56 Å². The number of carbonyl (C=O) groups is 3. The lowest BCUT2D eigenvalue weighted by Gasteiger charge is -2.09. The van der Waals surface area contributed by atoms with E-state index in [0.717, 1.165) is 0 Å². The van der Waals surface area contributed by atoms with Gasteiger partial charge in [0.15, 0.2) is 0 Å². The molecule has 1 aliphatic rings. The molecule has 0 saturated carbocycles. The van der Waals surface area contributed by atoms with Crippen molar-refractivity contribution >= 4 is 17.8 Å². The van der Waals surface area contributed by atoms with E-state index < -0.39 is 17.8 Å². The number of carbonyl (C=O) groups excluding carboxylic acids is 2. The summed E-state index contributed by atoms with van der Waals surface area (Å²) in [6.07, 6.45) is 0.0170. The fraction of sp³-hybridized carbons (Fsp3) is 0.182. The molecule has 1 aromatic carbocycles. The van der Waals surface area contributed by atoms with E-state index in [4.69, 9.17) is 5.11 Å². The van der Waals surface area contributed by atoms with Gasteiger partial charge in [0.25, 0.3) is 0 Å². The molecule has 2 N–H and O–H groups in total. The molecule has 82 valence electrons. The summed E-state index contributed by atoms with van der Waals surface area (Å²) in [4.78, 5) is 33.4. The molecular formula is C11H9NO4. The Balaban J connectivity index is 2.44. The van der Waals surface area contributed by atoms with Gasteiger partial charge in [-0.1, -0.05) is 18.2 Å². The van der Waals surface area contributed by atoms with Gasteiger partial charge >= 0.3 is 5.97 Å². The third kappa shape index (κ3) is 1.67. The second kappa shape index (κ2) is 3.77. The van der Waals surface area contributed by atoms with E-state index in [1.807, 2.05) is 0 Å². The Hall–Kier alpha value is -2.17. The first kappa shape index (κ1) is 10.4. The van der Waals surface area contributed by atoms with Crippen molar-refractivity contribution in [3.63, 3.8) is 0 Å². The van der Waals surface area contributed by atoms with Crippen LogP contribution in [0.4, 0.5) is 0 Å². The predicted molar refractivity (Wildman–Crippen MR) is 53.9 cm³/mol. The number of rotatable bonds is 2. The van der Waals surface area contributed by atoms with Gasteiger partial charge in [-0.3, -0.25) is 14.9 Å². The normalized spacial score (nSPS) is 19.6. The Bertz CT molecular complexity index is 481. The van der Waals surface area contributed by atoms with Gasteiger partial charge in [0.1, 0.15) is 0 Å². The molecule has 0 radical (unpaired) electrons. The maximum atomic E-state index is 11.4. The lowest BCUT2D eigenvalue weighted by atomic mass is 9.93. The van der Waals surface area contributed by atoms with Crippen LogP contribution >= 0.6 is 0 Å². The maximum absolute atomic E-state index is 11.4. The second-order valence-electron chi connectivity index (χ2n) is 3.56. The van der Waals surface area contributed by atoms with Crippen molar-refractivity contribution in [2.45, 2.75) is 12.3 Å². The van der Waals surface area contributed by atoms with Crippen LogP contribution in [0.1, 0.15) is 28.3 Å². The molecule has 1 heterocycles. The van der Waals surface area contributed by atoms with Crippen molar-refractivity contribution in [1.29, 1.82) is 0 Å². The first-order valence-electron chi connectivity index (χ1n) is 4.75. The molecule has 2 rings (SSSR count). The third-order valence-electron chi connectivity index (χ3n) is 2.54. The molecule has 1 atom stereocenters. The van der Waals surface area contributed by atoms with E-state index >= 15 is 0 Å². The fourth-order valence-corrected chi connectivity index (χ4v) is 1.80. The molecule has 5 nitrogen and oxygen atoms in total. The van der Waals surface area contributed by atoms with Gasteiger partial charge in [-0.15, -0.1) is 0 Å². The Morgan fingerprint density at radius 3 is 2.56 bits per heavy atom. The monoisotopic (exact) mass is 219 g/mol. The van der Waals surface area contributed by atoms with Crippen molar-refractivity contribution < 1.29 is 19.5 Å². The summed E-state index contributed by atoms with van der Waals surface area (Å²) in [7, 11) is 0. The number of imide groups is 1.